The molecule has 9 heteroatoms. The monoisotopic (exact) mass is 423 g/mol. The maximum atomic E-state index is 12.7. The van der Waals surface area contributed by atoms with Gasteiger partial charge in [0, 0.05) is 23.7 Å². The fourth-order valence-corrected chi connectivity index (χ4v) is 3.42. The third-order valence-electron chi connectivity index (χ3n) is 4.90. The summed E-state index contributed by atoms with van der Waals surface area (Å²) in [5.41, 5.74) is 2.87. The minimum absolute atomic E-state index is 0.118. The van der Waals surface area contributed by atoms with Crippen LogP contribution in [0.3, 0.4) is 0 Å². The number of nitrogens with one attached hydrogen (secondary N) is 1. The molecule has 0 radical (unpaired) electrons. The zero-order valence-electron chi connectivity index (χ0n) is 16.6. The zero-order chi connectivity index (χ0) is 20.9. The highest BCUT2D eigenvalue weighted by Crippen LogP contribution is 2.18. The van der Waals surface area contributed by atoms with E-state index in [-0.39, 0.29) is 5.91 Å². The van der Waals surface area contributed by atoms with Crippen LogP contribution in [-0.4, -0.2) is 42.2 Å². The van der Waals surface area contributed by atoms with Gasteiger partial charge in [-0.3, -0.25) is 4.79 Å². The average Bonchev–Trinajstić information content (AvgIpc) is 3.40. The number of rotatable bonds is 8. The third kappa shape index (κ3) is 4.33. The van der Waals surface area contributed by atoms with Crippen molar-refractivity contribution in [3.63, 3.8) is 0 Å². The van der Waals surface area contributed by atoms with Gasteiger partial charge < -0.3 is 9.88 Å². The van der Waals surface area contributed by atoms with Crippen LogP contribution in [0.1, 0.15) is 25.8 Å². The molecule has 2 heterocycles. The molecule has 0 aliphatic rings. The molecule has 0 fully saturated rings. The van der Waals surface area contributed by atoms with Gasteiger partial charge in [-0.15, -0.1) is 10.2 Å². The topological polar surface area (TPSA) is 90.5 Å². The lowest BCUT2D eigenvalue weighted by Crippen LogP contribution is -2.34. The number of halogens is 1. The number of carbonyl (C=O) groups excluding carboxylic acids is 1. The van der Waals surface area contributed by atoms with Crippen molar-refractivity contribution in [1.82, 2.24) is 35.1 Å². The largest absolute Gasteiger partial charge is 0.354 e. The van der Waals surface area contributed by atoms with E-state index >= 15 is 0 Å². The number of hydrogen-bond acceptors (Lipinski definition) is 5. The molecular formula is C21H22ClN7O. The summed E-state index contributed by atoms with van der Waals surface area (Å²) >= 11 is 5.92. The predicted molar refractivity (Wildman–Crippen MR) is 115 cm³/mol. The average molecular weight is 424 g/mol. The summed E-state index contributed by atoms with van der Waals surface area (Å²) in [6, 6.07) is 14.7. The molecule has 4 aromatic rings. The predicted octanol–water partition coefficient (Wildman–Crippen LogP) is 3.50. The van der Waals surface area contributed by atoms with Crippen LogP contribution in [0, 0.1) is 0 Å². The van der Waals surface area contributed by atoms with Crippen LogP contribution in [0.2, 0.25) is 5.02 Å². The fraction of sp³-hybridized carbons (Fsp3) is 0.286. The van der Waals surface area contributed by atoms with E-state index < -0.39 is 6.04 Å². The Balaban J connectivity index is 1.33. The summed E-state index contributed by atoms with van der Waals surface area (Å²) in [6.07, 6.45) is 3.19. The number of aryl methyl sites for hydroxylation is 1. The number of nitrogens with zero attached hydrogens (tertiary/aromatic N) is 6. The molecule has 2 aromatic heterocycles. The van der Waals surface area contributed by atoms with E-state index in [4.69, 9.17) is 11.6 Å². The van der Waals surface area contributed by atoms with E-state index in [9.17, 15) is 4.79 Å². The summed E-state index contributed by atoms with van der Waals surface area (Å²) in [5, 5.41) is 16.2. The van der Waals surface area contributed by atoms with Crippen LogP contribution in [-0.2, 0) is 11.3 Å². The lowest BCUT2D eigenvalue weighted by molar-refractivity contribution is -0.125. The first-order valence-electron chi connectivity index (χ1n) is 9.88. The van der Waals surface area contributed by atoms with E-state index in [1.54, 1.807) is 12.1 Å². The number of carbonyl (C=O) groups is 1. The lowest BCUT2D eigenvalue weighted by Gasteiger charge is -2.13. The molecule has 0 aliphatic carbocycles. The molecule has 1 amide bonds. The normalized spacial score (nSPS) is 12.2. The first-order chi connectivity index (χ1) is 14.7. The Morgan fingerprint density at radius 2 is 1.97 bits per heavy atom. The molecule has 1 N–H and O–H groups in total. The molecule has 154 valence electrons. The van der Waals surface area contributed by atoms with Crippen LogP contribution in [0.5, 0.6) is 0 Å². The Kier molecular flexibility index (Phi) is 6.04. The third-order valence-corrected chi connectivity index (χ3v) is 5.15. The second-order valence-electron chi connectivity index (χ2n) is 6.94. The molecule has 1 unspecified atom stereocenters. The Bertz CT molecular complexity index is 1140. The van der Waals surface area contributed by atoms with E-state index in [0.717, 1.165) is 29.6 Å². The van der Waals surface area contributed by atoms with Crippen LogP contribution in [0.15, 0.2) is 54.9 Å². The molecule has 0 bridgehead atoms. The summed E-state index contributed by atoms with van der Waals surface area (Å²) < 4.78 is 2.09. The van der Waals surface area contributed by atoms with Gasteiger partial charge in [0.25, 0.3) is 0 Å². The number of tetrazole rings is 1. The fourth-order valence-electron chi connectivity index (χ4n) is 3.29. The molecule has 2 aromatic carbocycles. The maximum Gasteiger partial charge on any atom is 0.246 e. The van der Waals surface area contributed by atoms with E-state index in [2.05, 4.69) is 30.3 Å². The number of para-hydroxylation sites is 2. The van der Waals surface area contributed by atoms with Crippen molar-refractivity contribution in [3.8, 4) is 11.4 Å². The highest BCUT2D eigenvalue weighted by molar-refractivity contribution is 6.30. The number of imidazole rings is 1. The summed E-state index contributed by atoms with van der Waals surface area (Å²) in [5.74, 6) is 0.345. The first kappa shape index (κ1) is 20.0. The molecule has 0 saturated heterocycles. The lowest BCUT2D eigenvalue weighted by atomic mass is 10.2. The highest BCUT2D eigenvalue weighted by Gasteiger charge is 2.21. The summed E-state index contributed by atoms with van der Waals surface area (Å²) in [7, 11) is 0. The van der Waals surface area contributed by atoms with Gasteiger partial charge in [0.2, 0.25) is 11.7 Å². The van der Waals surface area contributed by atoms with Crippen LogP contribution < -0.4 is 5.32 Å². The van der Waals surface area contributed by atoms with Gasteiger partial charge in [-0.05, 0) is 54.5 Å². The second kappa shape index (κ2) is 9.04. The van der Waals surface area contributed by atoms with Crippen molar-refractivity contribution in [1.29, 1.82) is 0 Å². The van der Waals surface area contributed by atoms with Crippen molar-refractivity contribution in [2.75, 3.05) is 6.54 Å². The Morgan fingerprint density at radius 3 is 2.77 bits per heavy atom. The van der Waals surface area contributed by atoms with Crippen molar-refractivity contribution in [2.45, 2.75) is 32.4 Å². The Labute approximate surface area is 178 Å². The smallest absolute Gasteiger partial charge is 0.246 e. The minimum Gasteiger partial charge on any atom is -0.354 e. The van der Waals surface area contributed by atoms with Crippen molar-refractivity contribution >= 4 is 28.5 Å². The molecular weight excluding hydrogens is 402 g/mol. The molecule has 30 heavy (non-hydrogen) atoms. The van der Waals surface area contributed by atoms with Gasteiger partial charge in [-0.25, -0.2) is 4.98 Å². The Hall–Kier alpha value is -3.26. The van der Waals surface area contributed by atoms with Crippen molar-refractivity contribution in [3.05, 3.63) is 59.9 Å². The second-order valence-corrected chi connectivity index (χ2v) is 7.37. The zero-order valence-corrected chi connectivity index (χ0v) is 17.3. The SMILES string of the molecule is CCC(C(=O)NCCCn1cnc2ccccc21)n1nnc(-c2ccc(Cl)cc2)n1. The van der Waals surface area contributed by atoms with Crippen LogP contribution in [0.4, 0.5) is 0 Å². The standard InChI is InChI=1S/C21H22ClN7O/c1-2-18(29-26-20(25-27-29)15-8-10-16(22)11-9-15)21(30)23-12-5-13-28-14-24-17-6-3-4-7-19(17)28/h3-4,6-11,14,18H,2,5,12-13H2,1H3,(H,23,30). The minimum atomic E-state index is -0.507. The molecule has 4 rings (SSSR count). The van der Waals surface area contributed by atoms with E-state index in [1.807, 2.05) is 49.6 Å². The quantitative estimate of drug-likeness (QED) is 0.438. The van der Waals surface area contributed by atoms with Gasteiger partial charge in [0.1, 0.15) is 0 Å². The van der Waals surface area contributed by atoms with Gasteiger partial charge in [-0.1, -0.05) is 30.7 Å². The number of amides is 1. The number of fused-ring (bicyclic) bond motifs is 1. The number of hydrogen-bond donors (Lipinski definition) is 1. The van der Waals surface area contributed by atoms with E-state index in [1.165, 1.54) is 4.80 Å². The summed E-state index contributed by atoms with van der Waals surface area (Å²) in [4.78, 5) is 18.4. The van der Waals surface area contributed by atoms with Gasteiger partial charge in [-0.2, -0.15) is 4.80 Å². The van der Waals surface area contributed by atoms with Gasteiger partial charge in [0.15, 0.2) is 6.04 Å². The highest BCUT2D eigenvalue weighted by atomic mass is 35.5. The van der Waals surface area contributed by atoms with Gasteiger partial charge >= 0.3 is 0 Å². The summed E-state index contributed by atoms with van der Waals surface area (Å²) in [6.45, 7) is 3.26. The number of benzene rings is 2. The molecule has 1 atom stereocenters. The maximum absolute atomic E-state index is 12.7. The number of aromatic nitrogens is 6. The van der Waals surface area contributed by atoms with Crippen molar-refractivity contribution < 1.29 is 4.79 Å². The molecule has 0 aliphatic heterocycles. The molecule has 0 saturated carbocycles. The van der Waals surface area contributed by atoms with E-state index in [0.29, 0.717) is 23.8 Å². The molecule has 8 nitrogen and oxygen atoms in total. The van der Waals surface area contributed by atoms with Crippen LogP contribution >= 0.6 is 11.6 Å². The van der Waals surface area contributed by atoms with Gasteiger partial charge in [0.05, 0.1) is 17.4 Å². The van der Waals surface area contributed by atoms with Crippen molar-refractivity contribution in [2.24, 2.45) is 0 Å². The molecule has 0 spiro atoms. The Morgan fingerprint density at radius 1 is 1.17 bits per heavy atom. The first-order valence-corrected chi connectivity index (χ1v) is 10.3. The van der Waals surface area contributed by atoms with Crippen LogP contribution in [0.25, 0.3) is 22.4 Å².